The van der Waals surface area contributed by atoms with Crippen LogP contribution in [0.4, 0.5) is 5.69 Å². The molecular weight excluding hydrogens is 166 g/mol. The van der Waals surface area contributed by atoms with Gasteiger partial charge in [-0.25, -0.2) is 14.3 Å². The van der Waals surface area contributed by atoms with E-state index < -0.39 is 0 Å². The standard InChI is InChI=1S/C5H4N3S2/c1-10-8-4-2-6-3-7-5(4)9-10/h3H,1H3. The van der Waals surface area contributed by atoms with Gasteiger partial charge in [0.15, 0.2) is 0 Å². The van der Waals surface area contributed by atoms with Crippen molar-refractivity contribution < 1.29 is 0 Å². The molecule has 0 fully saturated rings. The van der Waals surface area contributed by atoms with Crippen molar-refractivity contribution in [2.24, 2.45) is 4.36 Å². The van der Waals surface area contributed by atoms with Gasteiger partial charge in [0, 0.05) is 6.26 Å². The molecule has 2 rings (SSSR count). The van der Waals surface area contributed by atoms with Crippen molar-refractivity contribution in [3.8, 4) is 0 Å². The fraction of sp³-hybridized carbons (Fsp3) is 0.200. The maximum Gasteiger partial charge on any atom is 0.138 e. The maximum absolute atomic E-state index is 4.26. The molecule has 3 nitrogen and oxygen atoms in total. The first-order chi connectivity index (χ1) is 4.86. The summed E-state index contributed by atoms with van der Waals surface area (Å²) in [6.45, 7) is 0. The van der Waals surface area contributed by atoms with Crippen molar-refractivity contribution in [1.82, 2.24) is 9.97 Å². The molecule has 0 saturated heterocycles. The van der Waals surface area contributed by atoms with Crippen LogP contribution >= 0.6 is 10.8 Å². The highest BCUT2D eigenvalue weighted by atomic mass is 33.1. The van der Waals surface area contributed by atoms with Crippen LogP contribution in [-0.2, 0) is 9.72 Å². The molecule has 0 spiro atoms. The molecule has 5 heteroatoms. The van der Waals surface area contributed by atoms with E-state index in [1.807, 2.05) is 0 Å². The zero-order chi connectivity index (χ0) is 6.97. The second-order valence-corrected chi connectivity index (χ2v) is 5.27. The van der Waals surface area contributed by atoms with Crippen LogP contribution in [0.5, 0.6) is 0 Å². The molecule has 1 unspecified atom stereocenters. The summed E-state index contributed by atoms with van der Waals surface area (Å²) < 4.78 is 4.26. The first-order valence-corrected chi connectivity index (χ1v) is 5.57. The lowest BCUT2D eigenvalue weighted by atomic mass is 10.6. The van der Waals surface area contributed by atoms with Crippen molar-refractivity contribution in [2.75, 3.05) is 6.26 Å². The van der Waals surface area contributed by atoms with Crippen LogP contribution in [0, 0.1) is 6.20 Å². The van der Waals surface area contributed by atoms with Crippen molar-refractivity contribution in [2.45, 2.75) is 5.03 Å². The van der Waals surface area contributed by atoms with E-state index in [1.54, 1.807) is 10.8 Å². The molecule has 0 aromatic carbocycles. The Labute approximate surface area is 64.8 Å². The minimum absolute atomic E-state index is 0.0386. The molecule has 0 aliphatic carbocycles. The Bertz CT molecular complexity index is 297. The lowest BCUT2D eigenvalue weighted by Gasteiger charge is -1.87. The van der Waals surface area contributed by atoms with E-state index in [0.29, 0.717) is 0 Å². The van der Waals surface area contributed by atoms with Crippen LogP contribution < -0.4 is 0 Å². The monoisotopic (exact) mass is 170 g/mol. The first kappa shape index (κ1) is 6.30. The minimum atomic E-state index is 0.0386. The lowest BCUT2D eigenvalue weighted by molar-refractivity contribution is 1.05. The third-order valence-corrected chi connectivity index (χ3v) is 3.58. The minimum Gasteiger partial charge on any atom is -0.232 e. The highest BCUT2D eigenvalue weighted by Gasteiger charge is 2.11. The number of hydrogen-bond acceptors (Lipinski definition) is 4. The summed E-state index contributed by atoms with van der Waals surface area (Å²) in [5.41, 5.74) is 0.818. The Hall–Kier alpha value is -0.420. The van der Waals surface area contributed by atoms with Crippen LogP contribution in [0.3, 0.4) is 0 Å². The summed E-state index contributed by atoms with van der Waals surface area (Å²) in [4.78, 5) is 7.80. The molecule has 1 radical (unpaired) electrons. The molecule has 0 amide bonds. The van der Waals surface area contributed by atoms with E-state index >= 15 is 0 Å². The second kappa shape index (κ2) is 2.32. The van der Waals surface area contributed by atoms with E-state index in [9.17, 15) is 0 Å². The number of aromatic nitrogens is 2. The van der Waals surface area contributed by atoms with Gasteiger partial charge < -0.3 is 0 Å². The van der Waals surface area contributed by atoms with E-state index in [1.165, 1.54) is 6.33 Å². The van der Waals surface area contributed by atoms with Gasteiger partial charge in [-0.05, 0) is 20.5 Å². The molecule has 2 heterocycles. The van der Waals surface area contributed by atoms with E-state index in [4.69, 9.17) is 0 Å². The van der Waals surface area contributed by atoms with Crippen molar-refractivity contribution in [3.63, 3.8) is 0 Å². The van der Waals surface area contributed by atoms with E-state index in [2.05, 4.69) is 26.8 Å². The molecule has 0 bridgehead atoms. The number of fused-ring (bicyclic) bond motifs is 1. The average Bonchev–Trinajstić information content (AvgIpc) is 2.27. The molecule has 0 saturated carbocycles. The largest absolute Gasteiger partial charge is 0.232 e. The molecular formula is C5H4N3S2. The van der Waals surface area contributed by atoms with Crippen molar-refractivity contribution in [1.29, 1.82) is 0 Å². The maximum atomic E-state index is 4.26. The van der Waals surface area contributed by atoms with E-state index in [-0.39, 0.29) is 9.72 Å². The summed E-state index contributed by atoms with van der Waals surface area (Å²) in [7, 11) is 1.71. The number of rotatable bonds is 0. The first-order valence-electron chi connectivity index (χ1n) is 2.65. The number of nitrogens with zero attached hydrogens (tertiary/aromatic N) is 3. The highest BCUT2D eigenvalue weighted by molar-refractivity contribution is 8.70. The second-order valence-electron chi connectivity index (χ2n) is 1.74. The Morgan fingerprint density at radius 3 is 3.40 bits per heavy atom. The van der Waals surface area contributed by atoms with Crippen LogP contribution in [0.25, 0.3) is 0 Å². The fourth-order valence-electron chi connectivity index (χ4n) is 0.662. The molecule has 51 valence electrons. The van der Waals surface area contributed by atoms with Crippen LogP contribution in [0.2, 0.25) is 0 Å². The summed E-state index contributed by atoms with van der Waals surface area (Å²) in [5.74, 6) is 0. The topological polar surface area (TPSA) is 38.1 Å². The summed E-state index contributed by atoms with van der Waals surface area (Å²) in [6.07, 6.45) is 6.35. The molecule has 1 aliphatic rings. The van der Waals surface area contributed by atoms with Gasteiger partial charge in [0.1, 0.15) is 23.2 Å². The van der Waals surface area contributed by atoms with Crippen molar-refractivity contribution >= 4 is 26.2 Å². The van der Waals surface area contributed by atoms with Crippen molar-refractivity contribution in [3.05, 3.63) is 12.5 Å². The normalized spacial score (nSPS) is 21.9. The Morgan fingerprint density at radius 2 is 2.60 bits per heavy atom. The molecule has 1 atom stereocenters. The zero-order valence-electron chi connectivity index (χ0n) is 5.24. The molecule has 1 aromatic heterocycles. The van der Waals surface area contributed by atoms with Gasteiger partial charge in [-0.3, -0.25) is 0 Å². The van der Waals surface area contributed by atoms with E-state index in [0.717, 1.165) is 10.7 Å². The summed E-state index contributed by atoms with van der Waals surface area (Å²) in [5, 5.41) is 0.959. The molecule has 0 N–H and O–H groups in total. The highest BCUT2D eigenvalue weighted by Crippen LogP contribution is 2.36. The van der Waals surface area contributed by atoms with Gasteiger partial charge in [0.2, 0.25) is 0 Å². The van der Waals surface area contributed by atoms with Gasteiger partial charge in [0.05, 0.1) is 0 Å². The van der Waals surface area contributed by atoms with Crippen LogP contribution in [0.15, 0.2) is 15.7 Å². The SMILES string of the molecule is CS1=Nc2[c]ncnc2S1. The Morgan fingerprint density at radius 1 is 1.70 bits per heavy atom. The van der Waals surface area contributed by atoms with Gasteiger partial charge in [-0.15, -0.1) is 0 Å². The molecule has 1 aliphatic heterocycles. The van der Waals surface area contributed by atoms with Gasteiger partial charge in [0.25, 0.3) is 0 Å². The average molecular weight is 170 g/mol. The fourth-order valence-corrected chi connectivity index (χ4v) is 3.02. The number of hydrogen-bond donors (Lipinski definition) is 0. The summed E-state index contributed by atoms with van der Waals surface area (Å²) >= 11 is 0. The molecule has 1 aromatic rings. The smallest absolute Gasteiger partial charge is 0.138 e. The third kappa shape index (κ3) is 0.951. The van der Waals surface area contributed by atoms with Crippen LogP contribution in [-0.4, -0.2) is 16.2 Å². The van der Waals surface area contributed by atoms with Gasteiger partial charge in [-0.1, -0.05) is 0 Å². The predicted molar refractivity (Wildman–Crippen MR) is 42.1 cm³/mol. The van der Waals surface area contributed by atoms with Gasteiger partial charge >= 0.3 is 0 Å². The Balaban J connectivity index is 2.54. The van der Waals surface area contributed by atoms with Gasteiger partial charge in [-0.2, -0.15) is 0 Å². The lowest BCUT2D eigenvalue weighted by Crippen LogP contribution is -1.77. The predicted octanol–water partition coefficient (Wildman–Crippen LogP) is 1.36. The van der Waals surface area contributed by atoms with Crippen LogP contribution in [0.1, 0.15) is 0 Å². The summed E-state index contributed by atoms with van der Waals surface area (Å²) in [6, 6.07) is 0. The Kier molecular flexibility index (Phi) is 1.46. The zero-order valence-corrected chi connectivity index (χ0v) is 6.87. The quantitative estimate of drug-likeness (QED) is 0.436. The molecule has 10 heavy (non-hydrogen) atoms. The third-order valence-electron chi connectivity index (χ3n) is 1.03.